The number of amides is 2. The van der Waals surface area contributed by atoms with E-state index in [0.717, 1.165) is 18.4 Å². The maximum Gasteiger partial charge on any atom is 0.265 e. The van der Waals surface area contributed by atoms with Crippen LogP contribution in [0.3, 0.4) is 0 Å². The van der Waals surface area contributed by atoms with Crippen molar-refractivity contribution in [3.63, 3.8) is 0 Å². The summed E-state index contributed by atoms with van der Waals surface area (Å²) in [6.07, 6.45) is 3.28. The van der Waals surface area contributed by atoms with Crippen LogP contribution in [0.25, 0.3) is 0 Å². The fourth-order valence-electron chi connectivity index (χ4n) is 3.41. The zero-order chi connectivity index (χ0) is 17.4. The van der Waals surface area contributed by atoms with E-state index in [-0.39, 0.29) is 11.8 Å². The minimum Gasteiger partial charge on any atom is -0.479 e. The Morgan fingerprint density at radius 2 is 2.04 bits per heavy atom. The van der Waals surface area contributed by atoms with Crippen molar-refractivity contribution in [2.24, 2.45) is 0 Å². The Labute approximate surface area is 146 Å². The number of aryl methyl sites for hydroxylation is 2. The number of hydrogen-bond acceptors (Lipinski definition) is 3. The number of benzene rings is 2. The molecule has 1 aliphatic heterocycles. The van der Waals surface area contributed by atoms with Gasteiger partial charge in [0.05, 0.1) is 12.1 Å². The van der Waals surface area contributed by atoms with Crippen LogP contribution in [-0.2, 0) is 28.9 Å². The number of carbonyl (C=O) groups excluding carboxylic acids is 2. The smallest absolute Gasteiger partial charge is 0.265 e. The molecule has 0 unspecified atom stereocenters. The van der Waals surface area contributed by atoms with Crippen LogP contribution in [-0.4, -0.2) is 17.9 Å². The zero-order valence-electron chi connectivity index (χ0n) is 14.1. The minimum atomic E-state index is -0.507. The molecule has 0 fully saturated rings. The van der Waals surface area contributed by atoms with Gasteiger partial charge in [-0.15, -0.1) is 0 Å². The van der Waals surface area contributed by atoms with Crippen LogP contribution in [0.1, 0.15) is 30.0 Å². The van der Waals surface area contributed by atoms with Gasteiger partial charge in [0.25, 0.3) is 5.91 Å². The lowest BCUT2D eigenvalue weighted by molar-refractivity contribution is -0.122. The summed E-state index contributed by atoms with van der Waals surface area (Å²) in [5, 5.41) is 5.67. The first-order chi connectivity index (χ1) is 12.1. The highest BCUT2D eigenvalue weighted by Gasteiger charge is 2.23. The number of nitrogens with one attached hydrogen (secondary N) is 2. The lowest BCUT2D eigenvalue weighted by Gasteiger charge is -2.23. The van der Waals surface area contributed by atoms with Crippen LogP contribution in [0, 0.1) is 0 Å². The number of ether oxygens (including phenoxy) is 1. The molecule has 128 valence electrons. The van der Waals surface area contributed by atoms with Gasteiger partial charge in [-0.05, 0) is 61.1 Å². The maximum atomic E-state index is 12.3. The molecule has 4 rings (SSSR count). The van der Waals surface area contributed by atoms with Gasteiger partial charge >= 0.3 is 0 Å². The molecule has 2 amide bonds. The second-order valence-corrected chi connectivity index (χ2v) is 6.64. The average Bonchev–Trinajstić information content (AvgIpc) is 3.04. The summed E-state index contributed by atoms with van der Waals surface area (Å²) in [6.45, 7) is 1.70. The third-order valence-electron chi connectivity index (χ3n) is 4.72. The molecule has 0 aromatic heterocycles. The van der Waals surface area contributed by atoms with Gasteiger partial charge in [-0.25, -0.2) is 0 Å². The van der Waals surface area contributed by atoms with E-state index in [1.54, 1.807) is 25.1 Å². The third-order valence-corrected chi connectivity index (χ3v) is 4.72. The van der Waals surface area contributed by atoms with Gasteiger partial charge < -0.3 is 15.4 Å². The van der Waals surface area contributed by atoms with Gasteiger partial charge in [-0.1, -0.05) is 18.2 Å². The quantitative estimate of drug-likeness (QED) is 0.905. The zero-order valence-corrected chi connectivity index (χ0v) is 14.1. The predicted octanol–water partition coefficient (Wildman–Crippen LogP) is 3.08. The van der Waals surface area contributed by atoms with E-state index in [2.05, 4.69) is 22.8 Å². The molecule has 1 atom stereocenters. The lowest BCUT2D eigenvalue weighted by Crippen LogP contribution is -2.34. The van der Waals surface area contributed by atoms with E-state index in [1.165, 1.54) is 17.5 Å². The van der Waals surface area contributed by atoms with Gasteiger partial charge in [-0.3, -0.25) is 9.59 Å². The number of carbonyl (C=O) groups is 2. The highest BCUT2D eigenvalue weighted by Crippen LogP contribution is 2.32. The molecule has 0 bridgehead atoms. The van der Waals surface area contributed by atoms with Gasteiger partial charge in [0, 0.05) is 5.69 Å². The Morgan fingerprint density at radius 3 is 2.92 bits per heavy atom. The summed E-state index contributed by atoms with van der Waals surface area (Å²) in [6, 6.07) is 11.6. The Balaban J connectivity index is 1.44. The molecule has 25 heavy (non-hydrogen) atoms. The molecule has 1 aliphatic carbocycles. The van der Waals surface area contributed by atoms with Crippen LogP contribution in [0.5, 0.6) is 5.75 Å². The molecule has 2 aromatic rings. The highest BCUT2D eigenvalue weighted by molar-refractivity contribution is 5.99. The molecule has 0 radical (unpaired) electrons. The van der Waals surface area contributed by atoms with Crippen LogP contribution in [0.4, 0.5) is 11.4 Å². The first kappa shape index (κ1) is 15.7. The fourth-order valence-corrected chi connectivity index (χ4v) is 3.41. The van der Waals surface area contributed by atoms with E-state index < -0.39 is 6.10 Å². The molecule has 2 N–H and O–H groups in total. The first-order valence-electron chi connectivity index (χ1n) is 8.60. The predicted molar refractivity (Wildman–Crippen MR) is 96.0 cm³/mol. The average molecular weight is 336 g/mol. The van der Waals surface area contributed by atoms with E-state index in [4.69, 9.17) is 4.74 Å². The Kier molecular flexibility index (Phi) is 3.92. The fraction of sp³-hybridized carbons (Fsp3) is 0.300. The molecule has 2 aromatic carbocycles. The van der Waals surface area contributed by atoms with Gasteiger partial charge in [0.1, 0.15) is 5.75 Å². The summed E-state index contributed by atoms with van der Waals surface area (Å²) >= 11 is 0. The maximum absolute atomic E-state index is 12.3. The lowest BCUT2D eigenvalue weighted by atomic mass is 10.0. The van der Waals surface area contributed by atoms with Crippen molar-refractivity contribution in [3.05, 3.63) is 53.1 Å². The summed E-state index contributed by atoms with van der Waals surface area (Å²) in [5.74, 6) is 0.354. The molecule has 5 nitrogen and oxygen atoms in total. The van der Waals surface area contributed by atoms with Crippen LogP contribution >= 0.6 is 0 Å². The van der Waals surface area contributed by atoms with Crippen LogP contribution in [0.15, 0.2) is 36.4 Å². The highest BCUT2D eigenvalue weighted by atomic mass is 16.5. The van der Waals surface area contributed by atoms with Gasteiger partial charge in [-0.2, -0.15) is 0 Å². The third kappa shape index (κ3) is 3.22. The summed E-state index contributed by atoms with van der Waals surface area (Å²) in [4.78, 5) is 24.0. The molecule has 5 heteroatoms. The summed E-state index contributed by atoms with van der Waals surface area (Å²) < 4.78 is 5.52. The van der Waals surface area contributed by atoms with Crippen molar-refractivity contribution in [2.75, 3.05) is 10.6 Å². The number of rotatable bonds is 3. The minimum absolute atomic E-state index is 0.0747. The van der Waals surface area contributed by atoms with Crippen molar-refractivity contribution in [2.45, 2.75) is 38.7 Å². The monoisotopic (exact) mass is 336 g/mol. The van der Waals surface area contributed by atoms with Crippen molar-refractivity contribution in [3.8, 4) is 5.75 Å². The van der Waals surface area contributed by atoms with Crippen molar-refractivity contribution < 1.29 is 14.3 Å². The molecule has 2 aliphatic rings. The number of hydrogen-bond donors (Lipinski definition) is 2. The molecular formula is C20H20N2O3. The largest absolute Gasteiger partial charge is 0.479 e. The van der Waals surface area contributed by atoms with Crippen molar-refractivity contribution >= 4 is 23.2 Å². The Bertz CT molecular complexity index is 860. The summed E-state index contributed by atoms with van der Waals surface area (Å²) in [7, 11) is 0. The Hall–Kier alpha value is -2.82. The van der Waals surface area contributed by atoms with E-state index in [9.17, 15) is 9.59 Å². The van der Waals surface area contributed by atoms with Crippen molar-refractivity contribution in [1.82, 2.24) is 0 Å². The topological polar surface area (TPSA) is 67.4 Å². The molecule has 0 saturated heterocycles. The normalized spacial score (nSPS) is 18.0. The number of anilines is 2. The number of fused-ring (bicyclic) bond motifs is 2. The standard InChI is InChI=1S/C20H20N2O3/c1-12-20(24)22-17-11-16(7-8-18(17)25-12)21-19(23)10-13-5-6-14-3-2-4-15(14)9-13/h5-9,11-12H,2-4,10H2,1H3,(H,21,23)(H,22,24)/t12-/m0/s1. The van der Waals surface area contributed by atoms with Crippen LogP contribution in [0.2, 0.25) is 0 Å². The van der Waals surface area contributed by atoms with Crippen LogP contribution < -0.4 is 15.4 Å². The van der Waals surface area contributed by atoms with Crippen molar-refractivity contribution in [1.29, 1.82) is 0 Å². The second-order valence-electron chi connectivity index (χ2n) is 6.64. The van der Waals surface area contributed by atoms with E-state index >= 15 is 0 Å². The molecular weight excluding hydrogens is 316 g/mol. The first-order valence-corrected chi connectivity index (χ1v) is 8.60. The van der Waals surface area contributed by atoms with Gasteiger partial charge in [0.2, 0.25) is 5.91 Å². The molecule has 0 spiro atoms. The molecule has 0 saturated carbocycles. The summed E-state index contributed by atoms with van der Waals surface area (Å²) in [5.41, 5.74) is 5.03. The second kappa shape index (κ2) is 6.24. The Morgan fingerprint density at radius 1 is 1.20 bits per heavy atom. The SMILES string of the molecule is C[C@@H]1Oc2ccc(NC(=O)Cc3ccc4c(c3)CCC4)cc2NC1=O. The van der Waals surface area contributed by atoms with E-state index in [0.29, 0.717) is 23.5 Å². The van der Waals surface area contributed by atoms with E-state index in [1.807, 2.05) is 6.07 Å². The molecule has 1 heterocycles. The van der Waals surface area contributed by atoms with Gasteiger partial charge in [0.15, 0.2) is 6.10 Å².